The van der Waals surface area contributed by atoms with Crippen LogP contribution in [0.2, 0.25) is 0 Å². The molecule has 20 heavy (non-hydrogen) atoms. The van der Waals surface area contributed by atoms with Crippen LogP contribution in [0, 0.1) is 19.8 Å². The number of rotatable bonds is 5. The number of hydrogen-bond acceptors (Lipinski definition) is 3. The summed E-state index contributed by atoms with van der Waals surface area (Å²) >= 11 is 0. The standard InChI is InChI=1S/C16H24N2O2/c1-11-5-6-14(12(2)10-11)20-9-7-13-4-3-8-16(13,18)15(17)19/h5-6,10,13H,3-4,7-9,18H2,1-2H3,(H2,17,19). The minimum absolute atomic E-state index is 0.130. The van der Waals surface area contributed by atoms with Gasteiger partial charge in [0, 0.05) is 0 Å². The van der Waals surface area contributed by atoms with Crippen molar-refractivity contribution in [3.8, 4) is 5.75 Å². The van der Waals surface area contributed by atoms with Crippen LogP contribution in [0.3, 0.4) is 0 Å². The lowest BCUT2D eigenvalue weighted by Crippen LogP contribution is -2.54. The monoisotopic (exact) mass is 276 g/mol. The van der Waals surface area contributed by atoms with Gasteiger partial charge < -0.3 is 16.2 Å². The first-order chi connectivity index (χ1) is 9.43. The van der Waals surface area contributed by atoms with E-state index in [-0.39, 0.29) is 11.8 Å². The van der Waals surface area contributed by atoms with Gasteiger partial charge in [-0.25, -0.2) is 0 Å². The van der Waals surface area contributed by atoms with Gasteiger partial charge in [0.15, 0.2) is 0 Å². The number of ether oxygens (including phenoxy) is 1. The smallest absolute Gasteiger partial charge is 0.237 e. The van der Waals surface area contributed by atoms with Crippen LogP contribution in [0.25, 0.3) is 0 Å². The molecule has 0 aromatic heterocycles. The van der Waals surface area contributed by atoms with E-state index >= 15 is 0 Å². The zero-order valence-corrected chi connectivity index (χ0v) is 12.3. The summed E-state index contributed by atoms with van der Waals surface area (Å²) in [6.45, 7) is 4.67. The molecule has 1 fully saturated rings. The van der Waals surface area contributed by atoms with E-state index in [0.717, 1.165) is 30.6 Å². The second-order valence-corrected chi connectivity index (χ2v) is 5.90. The third kappa shape index (κ3) is 2.96. The summed E-state index contributed by atoms with van der Waals surface area (Å²) in [7, 11) is 0. The fraction of sp³-hybridized carbons (Fsp3) is 0.562. The van der Waals surface area contributed by atoms with Gasteiger partial charge in [-0.05, 0) is 50.7 Å². The number of nitrogens with two attached hydrogens (primary N) is 2. The minimum Gasteiger partial charge on any atom is -0.493 e. The summed E-state index contributed by atoms with van der Waals surface area (Å²) in [6, 6.07) is 6.12. The topological polar surface area (TPSA) is 78.3 Å². The maximum absolute atomic E-state index is 11.5. The number of carbonyl (C=O) groups excluding carboxylic acids is 1. The van der Waals surface area contributed by atoms with Gasteiger partial charge in [-0.1, -0.05) is 24.1 Å². The first-order valence-corrected chi connectivity index (χ1v) is 7.22. The summed E-state index contributed by atoms with van der Waals surface area (Å²) in [4.78, 5) is 11.5. The molecule has 1 aliphatic carbocycles. The van der Waals surface area contributed by atoms with Crippen LogP contribution in [-0.4, -0.2) is 18.1 Å². The van der Waals surface area contributed by atoms with E-state index in [1.807, 2.05) is 19.1 Å². The number of carbonyl (C=O) groups is 1. The molecule has 4 nitrogen and oxygen atoms in total. The molecule has 0 saturated heterocycles. The minimum atomic E-state index is -0.842. The molecular weight excluding hydrogens is 252 g/mol. The van der Waals surface area contributed by atoms with Gasteiger partial charge >= 0.3 is 0 Å². The van der Waals surface area contributed by atoms with Gasteiger partial charge in [0.1, 0.15) is 5.75 Å². The summed E-state index contributed by atoms with van der Waals surface area (Å²) in [6.07, 6.45) is 3.38. The van der Waals surface area contributed by atoms with Crippen LogP contribution >= 0.6 is 0 Å². The molecule has 0 spiro atoms. The Morgan fingerprint density at radius 2 is 2.20 bits per heavy atom. The Balaban J connectivity index is 1.91. The Bertz CT molecular complexity index is 501. The molecular formula is C16H24N2O2. The second-order valence-electron chi connectivity index (χ2n) is 5.90. The van der Waals surface area contributed by atoms with Crippen molar-refractivity contribution in [3.05, 3.63) is 29.3 Å². The molecule has 0 aliphatic heterocycles. The summed E-state index contributed by atoms with van der Waals surface area (Å²) in [5.41, 5.74) is 13.1. The molecule has 1 aliphatic rings. The van der Waals surface area contributed by atoms with Crippen molar-refractivity contribution < 1.29 is 9.53 Å². The molecule has 0 heterocycles. The predicted octanol–water partition coefficient (Wildman–Crippen LogP) is 2.06. The van der Waals surface area contributed by atoms with Crippen LogP contribution < -0.4 is 16.2 Å². The van der Waals surface area contributed by atoms with Crippen LogP contribution in [0.15, 0.2) is 18.2 Å². The average molecular weight is 276 g/mol. The van der Waals surface area contributed by atoms with Gasteiger partial charge in [-0.2, -0.15) is 0 Å². The van der Waals surface area contributed by atoms with Crippen LogP contribution in [0.5, 0.6) is 5.75 Å². The van der Waals surface area contributed by atoms with Crippen LogP contribution in [0.1, 0.15) is 36.8 Å². The van der Waals surface area contributed by atoms with Gasteiger partial charge in [-0.3, -0.25) is 4.79 Å². The van der Waals surface area contributed by atoms with Crippen molar-refractivity contribution in [3.63, 3.8) is 0 Å². The summed E-state index contributed by atoms with van der Waals surface area (Å²) < 4.78 is 5.82. The van der Waals surface area contributed by atoms with Crippen molar-refractivity contribution in [1.82, 2.24) is 0 Å². The highest BCUT2D eigenvalue weighted by molar-refractivity contribution is 5.85. The lowest BCUT2D eigenvalue weighted by atomic mass is 9.85. The molecule has 1 aromatic carbocycles. The van der Waals surface area contributed by atoms with E-state index in [2.05, 4.69) is 13.0 Å². The molecule has 2 rings (SSSR count). The molecule has 2 unspecified atom stereocenters. The largest absolute Gasteiger partial charge is 0.493 e. The van der Waals surface area contributed by atoms with Gasteiger partial charge in [-0.15, -0.1) is 0 Å². The average Bonchev–Trinajstić information content (AvgIpc) is 2.75. The number of benzene rings is 1. The number of aryl methyl sites for hydroxylation is 2. The Hall–Kier alpha value is -1.55. The molecule has 2 atom stereocenters. The molecule has 4 heteroatoms. The summed E-state index contributed by atoms with van der Waals surface area (Å²) in [5, 5.41) is 0. The molecule has 1 amide bonds. The van der Waals surface area contributed by atoms with Crippen LogP contribution in [-0.2, 0) is 4.79 Å². The van der Waals surface area contributed by atoms with Gasteiger partial charge in [0.25, 0.3) is 0 Å². The highest BCUT2D eigenvalue weighted by Crippen LogP contribution is 2.36. The Kier molecular flexibility index (Phi) is 4.33. The number of hydrogen-bond donors (Lipinski definition) is 2. The number of amides is 1. The lowest BCUT2D eigenvalue weighted by molar-refractivity contribution is -0.124. The van der Waals surface area contributed by atoms with Crippen molar-refractivity contribution in [1.29, 1.82) is 0 Å². The zero-order valence-electron chi connectivity index (χ0n) is 12.3. The van der Waals surface area contributed by atoms with E-state index in [1.165, 1.54) is 5.56 Å². The molecule has 1 aromatic rings. The van der Waals surface area contributed by atoms with Gasteiger partial charge in [0.05, 0.1) is 12.1 Å². The van der Waals surface area contributed by atoms with E-state index in [4.69, 9.17) is 16.2 Å². The fourth-order valence-corrected chi connectivity index (χ4v) is 3.10. The lowest BCUT2D eigenvalue weighted by Gasteiger charge is -2.28. The first-order valence-electron chi connectivity index (χ1n) is 7.22. The molecule has 110 valence electrons. The normalized spacial score (nSPS) is 25.6. The first kappa shape index (κ1) is 14.9. The predicted molar refractivity (Wildman–Crippen MR) is 79.5 cm³/mol. The quantitative estimate of drug-likeness (QED) is 0.864. The maximum atomic E-state index is 11.5. The number of primary amides is 1. The molecule has 1 saturated carbocycles. The highest BCUT2D eigenvalue weighted by atomic mass is 16.5. The van der Waals surface area contributed by atoms with Gasteiger partial charge in [0.2, 0.25) is 5.91 Å². The van der Waals surface area contributed by atoms with E-state index in [0.29, 0.717) is 13.0 Å². The second kappa shape index (κ2) is 5.83. The van der Waals surface area contributed by atoms with E-state index < -0.39 is 5.54 Å². The third-order valence-corrected chi connectivity index (χ3v) is 4.38. The maximum Gasteiger partial charge on any atom is 0.237 e. The molecule has 0 bridgehead atoms. The Morgan fingerprint density at radius 3 is 2.85 bits per heavy atom. The van der Waals surface area contributed by atoms with Crippen LogP contribution in [0.4, 0.5) is 0 Å². The van der Waals surface area contributed by atoms with Crippen molar-refractivity contribution in [2.75, 3.05) is 6.61 Å². The SMILES string of the molecule is Cc1ccc(OCCC2CCCC2(N)C(N)=O)c(C)c1. The summed E-state index contributed by atoms with van der Waals surface area (Å²) in [5.74, 6) is 0.646. The van der Waals surface area contributed by atoms with Crippen molar-refractivity contribution in [2.24, 2.45) is 17.4 Å². The van der Waals surface area contributed by atoms with E-state index in [1.54, 1.807) is 0 Å². The Morgan fingerprint density at radius 1 is 1.45 bits per heavy atom. The van der Waals surface area contributed by atoms with Crippen molar-refractivity contribution in [2.45, 2.75) is 45.1 Å². The molecule has 4 N–H and O–H groups in total. The highest BCUT2D eigenvalue weighted by Gasteiger charge is 2.43. The third-order valence-electron chi connectivity index (χ3n) is 4.38. The fourth-order valence-electron chi connectivity index (χ4n) is 3.10. The van der Waals surface area contributed by atoms with E-state index in [9.17, 15) is 4.79 Å². The zero-order chi connectivity index (χ0) is 14.8. The molecule has 0 radical (unpaired) electrons. The Labute approximate surface area is 120 Å². The van der Waals surface area contributed by atoms with Crippen molar-refractivity contribution >= 4 is 5.91 Å².